The molecule has 7 heteroatoms. The van der Waals surface area contributed by atoms with Crippen molar-refractivity contribution in [3.63, 3.8) is 0 Å². The van der Waals surface area contributed by atoms with Crippen LogP contribution >= 0.6 is 0 Å². The lowest BCUT2D eigenvalue weighted by atomic mass is 10.2. The minimum atomic E-state index is -4.43. The van der Waals surface area contributed by atoms with Crippen LogP contribution in [0.4, 0.5) is 0 Å². The zero-order valence-electron chi connectivity index (χ0n) is 10.5. The Kier molecular flexibility index (Phi) is 4.31. The molecule has 18 heavy (non-hydrogen) atoms. The van der Waals surface area contributed by atoms with Gasteiger partial charge in [0.25, 0.3) is 10.1 Å². The fourth-order valence-corrected chi connectivity index (χ4v) is 2.67. The van der Waals surface area contributed by atoms with Crippen molar-refractivity contribution in [1.29, 1.82) is 0 Å². The summed E-state index contributed by atoms with van der Waals surface area (Å²) < 4.78 is 36.7. The van der Waals surface area contributed by atoms with E-state index in [0.717, 1.165) is 6.04 Å². The first-order valence-corrected chi connectivity index (χ1v) is 10.0. The van der Waals surface area contributed by atoms with Crippen molar-refractivity contribution in [2.45, 2.75) is 31.0 Å². The number of carbonyl (C=O) groups is 1. The smallest absolute Gasteiger partial charge is 0.326 e. The summed E-state index contributed by atoms with van der Waals surface area (Å²) in [5.74, 6) is -0.707. The van der Waals surface area contributed by atoms with E-state index in [1.165, 1.54) is 24.3 Å². The number of carbonyl (C=O) groups excluding carboxylic acids is 1. The zero-order chi connectivity index (χ0) is 14.0. The minimum Gasteiger partial charge on any atom is -0.516 e. The predicted octanol–water partition coefficient (Wildman–Crippen LogP) is 2.32. The van der Waals surface area contributed by atoms with Crippen LogP contribution in [0.1, 0.15) is 17.3 Å². The molecule has 0 aromatic heterocycles. The Morgan fingerprint density at radius 2 is 1.89 bits per heavy atom. The normalized spacial score (nSPS) is 12.2. The van der Waals surface area contributed by atoms with Crippen LogP contribution in [0.2, 0.25) is 19.1 Å². The first-order valence-electron chi connectivity index (χ1n) is 5.47. The molecule has 1 N–H and O–H groups in total. The van der Waals surface area contributed by atoms with Crippen LogP contribution in [0.25, 0.3) is 0 Å². The van der Waals surface area contributed by atoms with Crippen LogP contribution in [0.5, 0.6) is 0 Å². The highest BCUT2D eigenvalue weighted by Crippen LogP contribution is 2.19. The number of benzene rings is 1. The molecule has 1 rings (SSSR count). The summed E-state index contributed by atoms with van der Waals surface area (Å²) in [4.78, 5) is 11.5. The van der Waals surface area contributed by atoms with Crippen molar-refractivity contribution in [2.75, 3.05) is 0 Å². The standard InChI is InChI=1S/C11H16O5SSi/c1-4-18(2,3)16-11(12)9-7-5-6-8-10(9)17(13,14)15/h5-8H,4H2,1-3H3,(H,13,14,15). The highest BCUT2D eigenvalue weighted by atomic mass is 32.2. The first kappa shape index (κ1) is 14.9. The fraction of sp³-hybridized carbons (Fsp3) is 0.364. The third-order valence-electron chi connectivity index (χ3n) is 2.61. The summed E-state index contributed by atoms with van der Waals surface area (Å²) in [5, 5.41) is 0. The summed E-state index contributed by atoms with van der Waals surface area (Å²) in [5.41, 5.74) is -0.131. The molecular formula is C11H16O5SSi. The Morgan fingerprint density at radius 1 is 1.33 bits per heavy atom. The molecule has 0 bridgehead atoms. The lowest BCUT2D eigenvalue weighted by Crippen LogP contribution is -2.32. The fourth-order valence-electron chi connectivity index (χ4n) is 1.24. The predicted molar refractivity (Wildman–Crippen MR) is 69.6 cm³/mol. The van der Waals surface area contributed by atoms with Gasteiger partial charge in [-0.15, -0.1) is 0 Å². The lowest BCUT2D eigenvalue weighted by Gasteiger charge is -2.21. The van der Waals surface area contributed by atoms with Gasteiger partial charge in [-0.3, -0.25) is 4.55 Å². The molecule has 100 valence electrons. The minimum absolute atomic E-state index is 0.131. The molecule has 0 fully saturated rings. The van der Waals surface area contributed by atoms with E-state index < -0.39 is 29.3 Å². The second-order valence-corrected chi connectivity index (χ2v) is 10.3. The van der Waals surface area contributed by atoms with Crippen LogP contribution in [0.3, 0.4) is 0 Å². The van der Waals surface area contributed by atoms with Crippen molar-refractivity contribution >= 4 is 24.4 Å². The van der Waals surface area contributed by atoms with Crippen molar-refractivity contribution in [3.8, 4) is 0 Å². The van der Waals surface area contributed by atoms with E-state index >= 15 is 0 Å². The molecule has 0 saturated heterocycles. The van der Waals surface area contributed by atoms with Gasteiger partial charge in [0.05, 0.1) is 5.56 Å². The quantitative estimate of drug-likeness (QED) is 0.679. The molecule has 0 heterocycles. The van der Waals surface area contributed by atoms with Crippen LogP contribution in [-0.4, -0.2) is 27.3 Å². The van der Waals surface area contributed by atoms with Crippen molar-refractivity contribution < 1.29 is 22.2 Å². The van der Waals surface area contributed by atoms with E-state index in [-0.39, 0.29) is 5.56 Å². The van der Waals surface area contributed by atoms with Crippen molar-refractivity contribution in [3.05, 3.63) is 29.8 Å². The molecule has 0 amide bonds. The molecular weight excluding hydrogens is 272 g/mol. The van der Waals surface area contributed by atoms with Crippen molar-refractivity contribution in [1.82, 2.24) is 0 Å². The van der Waals surface area contributed by atoms with Crippen LogP contribution < -0.4 is 0 Å². The molecule has 0 unspecified atom stereocenters. The molecule has 0 radical (unpaired) electrons. The maximum Gasteiger partial charge on any atom is 0.326 e. The van der Waals surface area contributed by atoms with E-state index in [0.29, 0.717) is 0 Å². The largest absolute Gasteiger partial charge is 0.516 e. The van der Waals surface area contributed by atoms with E-state index in [1.807, 2.05) is 20.0 Å². The average Bonchev–Trinajstić information content (AvgIpc) is 2.27. The summed E-state index contributed by atoms with van der Waals surface area (Å²) in [6.45, 7) is 5.64. The van der Waals surface area contributed by atoms with Gasteiger partial charge in [-0.05, 0) is 31.3 Å². The maximum atomic E-state index is 11.9. The Balaban J connectivity index is 3.16. The van der Waals surface area contributed by atoms with Gasteiger partial charge in [0.2, 0.25) is 8.32 Å². The summed E-state index contributed by atoms with van der Waals surface area (Å²) in [7, 11) is -6.56. The van der Waals surface area contributed by atoms with Gasteiger partial charge in [-0.2, -0.15) is 8.42 Å². The zero-order valence-corrected chi connectivity index (χ0v) is 12.3. The monoisotopic (exact) mass is 288 g/mol. The van der Waals surface area contributed by atoms with Gasteiger partial charge < -0.3 is 4.43 Å². The molecule has 0 aliphatic heterocycles. The Bertz CT molecular complexity index is 550. The van der Waals surface area contributed by atoms with Crippen LogP contribution in [0.15, 0.2) is 29.2 Å². The van der Waals surface area contributed by atoms with E-state index in [9.17, 15) is 13.2 Å². The molecule has 5 nitrogen and oxygen atoms in total. The van der Waals surface area contributed by atoms with Crippen LogP contribution in [-0.2, 0) is 14.5 Å². The summed E-state index contributed by atoms with van der Waals surface area (Å²) in [6.07, 6.45) is 0. The number of hydrogen-bond acceptors (Lipinski definition) is 4. The van der Waals surface area contributed by atoms with Gasteiger partial charge in [-0.1, -0.05) is 19.1 Å². The van der Waals surface area contributed by atoms with Crippen molar-refractivity contribution in [2.24, 2.45) is 0 Å². The second kappa shape index (κ2) is 5.21. The number of rotatable bonds is 4. The van der Waals surface area contributed by atoms with Gasteiger partial charge >= 0.3 is 5.97 Å². The third kappa shape index (κ3) is 3.66. The van der Waals surface area contributed by atoms with Gasteiger partial charge in [0.15, 0.2) is 0 Å². The number of hydrogen-bond donors (Lipinski definition) is 1. The Hall–Kier alpha value is -1.18. The highest BCUT2D eigenvalue weighted by molar-refractivity contribution is 7.86. The summed E-state index contributed by atoms with van der Waals surface area (Å²) in [6, 6.07) is 6.18. The average molecular weight is 288 g/mol. The topological polar surface area (TPSA) is 80.7 Å². The highest BCUT2D eigenvalue weighted by Gasteiger charge is 2.28. The summed E-state index contributed by atoms with van der Waals surface area (Å²) >= 11 is 0. The van der Waals surface area contributed by atoms with E-state index in [2.05, 4.69) is 0 Å². The molecule has 1 aromatic carbocycles. The molecule has 0 atom stereocenters. The van der Waals surface area contributed by atoms with Crippen LogP contribution in [0, 0.1) is 0 Å². The SMILES string of the molecule is CC[Si](C)(C)OC(=O)c1ccccc1S(=O)(=O)O. The maximum absolute atomic E-state index is 11.9. The molecule has 0 aliphatic carbocycles. The van der Waals surface area contributed by atoms with Gasteiger partial charge in [-0.25, -0.2) is 4.79 Å². The molecule has 0 saturated carbocycles. The first-order chi connectivity index (χ1) is 8.17. The molecule has 1 aromatic rings. The Labute approximate surface area is 108 Å². The van der Waals surface area contributed by atoms with Gasteiger partial charge in [0.1, 0.15) is 4.90 Å². The van der Waals surface area contributed by atoms with E-state index in [4.69, 9.17) is 8.98 Å². The van der Waals surface area contributed by atoms with E-state index in [1.54, 1.807) is 0 Å². The lowest BCUT2D eigenvalue weighted by molar-refractivity contribution is 0.0718. The molecule has 0 aliphatic rings. The second-order valence-electron chi connectivity index (χ2n) is 4.47. The van der Waals surface area contributed by atoms with Gasteiger partial charge in [0, 0.05) is 0 Å². The molecule has 0 spiro atoms. The third-order valence-corrected chi connectivity index (χ3v) is 5.96. The Morgan fingerprint density at radius 3 is 2.39 bits per heavy atom.